The number of carbonyl (C=O) groups excluding carboxylic acids is 2. The lowest BCUT2D eigenvalue weighted by Gasteiger charge is -2.33. The second-order valence-corrected chi connectivity index (χ2v) is 6.42. The molecule has 2 N–H and O–H groups in total. The molecule has 1 fully saturated rings. The van der Waals surface area contributed by atoms with Gasteiger partial charge in [0, 0.05) is 31.3 Å². The van der Waals surface area contributed by atoms with Crippen molar-refractivity contribution in [2.24, 2.45) is 0 Å². The van der Waals surface area contributed by atoms with Crippen molar-refractivity contribution in [2.75, 3.05) is 26.7 Å². The molecular formula is C20H24N4O4. The maximum absolute atomic E-state index is 12.3. The molecule has 8 heteroatoms. The molecule has 1 aromatic carbocycles. The van der Waals surface area contributed by atoms with E-state index in [1.807, 2.05) is 41.3 Å². The minimum Gasteiger partial charge on any atom is -0.496 e. The van der Waals surface area contributed by atoms with E-state index in [-0.39, 0.29) is 24.8 Å². The molecule has 2 amide bonds. The maximum Gasteiger partial charge on any atom is 0.237 e. The molecule has 1 aliphatic rings. The van der Waals surface area contributed by atoms with E-state index in [4.69, 9.17) is 9.26 Å². The van der Waals surface area contributed by atoms with Crippen LogP contribution in [0, 0.1) is 0 Å². The Labute approximate surface area is 163 Å². The van der Waals surface area contributed by atoms with Gasteiger partial charge in [0.2, 0.25) is 11.8 Å². The standard InChI is InChI=1S/C20H24N4O4/c1-27-18-7-3-2-5-15(18)6-4-10-24-11-9-21-20(26)17(24)13-19(25)22-14-16-8-12-28-23-16/h2-8,12,17H,9-11,13-14H2,1H3,(H,21,26)(H,22,25)/b6-4+/t17-/m0/s1. The van der Waals surface area contributed by atoms with Gasteiger partial charge in [0.05, 0.1) is 26.1 Å². The van der Waals surface area contributed by atoms with Crippen molar-refractivity contribution in [2.45, 2.75) is 19.0 Å². The maximum atomic E-state index is 12.3. The summed E-state index contributed by atoms with van der Waals surface area (Å²) in [5.41, 5.74) is 1.60. The van der Waals surface area contributed by atoms with E-state index in [2.05, 4.69) is 15.8 Å². The number of rotatable bonds is 8. The molecule has 0 aliphatic carbocycles. The molecule has 1 aliphatic heterocycles. The molecule has 28 heavy (non-hydrogen) atoms. The van der Waals surface area contributed by atoms with Gasteiger partial charge in [-0.2, -0.15) is 0 Å². The van der Waals surface area contributed by atoms with Crippen molar-refractivity contribution in [3.05, 3.63) is 53.9 Å². The van der Waals surface area contributed by atoms with Gasteiger partial charge in [-0.15, -0.1) is 0 Å². The molecular weight excluding hydrogens is 360 g/mol. The van der Waals surface area contributed by atoms with Crippen LogP contribution in [0.15, 0.2) is 47.2 Å². The number of nitrogens with zero attached hydrogens (tertiary/aromatic N) is 2. The van der Waals surface area contributed by atoms with Crippen molar-refractivity contribution >= 4 is 17.9 Å². The summed E-state index contributed by atoms with van der Waals surface area (Å²) in [6, 6.07) is 8.90. The molecule has 0 bridgehead atoms. The number of para-hydroxylation sites is 1. The van der Waals surface area contributed by atoms with Crippen LogP contribution in [-0.4, -0.2) is 54.7 Å². The van der Waals surface area contributed by atoms with Gasteiger partial charge in [-0.3, -0.25) is 14.5 Å². The fraction of sp³-hybridized carbons (Fsp3) is 0.350. The fourth-order valence-electron chi connectivity index (χ4n) is 3.09. The van der Waals surface area contributed by atoms with Crippen LogP contribution >= 0.6 is 0 Å². The number of ether oxygens (including phenoxy) is 1. The first-order chi connectivity index (χ1) is 13.7. The predicted molar refractivity (Wildman–Crippen MR) is 103 cm³/mol. The highest BCUT2D eigenvalue weighted by Crippen LogP contribution is 2.19. The summed E-state index contributed by atoms with van der Waals surface area (Å²) in [7, 11) is 1.63. The summed E-state index contributed by atoms with van der Waals surface area (Å²) in [5.74, 6) is 0.455. The van der Waals surface area contributed by atoms with Crippen LogP contribution < -0.4 is 15.4 Å². The van der Waals surface area contributed by atoms with Gasteiger partial charge in [0.15, 0.2) is 0 Å². The Morgan fingerprint density at radius 2 is 2.29 bits per heavy atom. The molecule has 1 atom stereocenters. The van der Waals surface area contributed by atoms with Crippen LogP contribution in [0.2, 0.25) is 0 Å². The minimum atomic E-state index is -0.506. The summed E-state index contributed by atoms with van der Waals surface area (Å²) in [6.07, 6.45) is 5.49. The lowest BCUT2D eigenvalue weighted by atomic mass is 10.1. The molecule has 3 rings (SSSR count). The third kappa shape index (κ3) is 5.20. The van der Waals surface area contributed by atoms with E-state index in [9.17, 15) is 9.59 Å². The van der Waals surface area contributed by atoms with Gasteiger partial charge in [-0.05, 0) is 6.07 Å². The monoisotopic (exact) mass is 384 g/mol. The fourth-order valence-corrected chi connectivity index (χ4v) is 3.09. The first-order valence-corrected chi connectivity index (χ1v) is 9.14. The van der Waals surface area contributed by atoms with Crippen LogP contribution in [-0.2, 0) is 16.1 Å². The summed E-state index contributed by atoms with van der Waals surface area (Å²) in [5, 5.41) is 9.35. The Kier molecular flexibility index (Phi) is 6.80. The summed E-state index contributed by atoms with van der Waals surface area (Å²) in [4.78, 5) is 26.6. The second kappa shape index (κ2) is 9.70. The van der Waals surface area contributed by atoms with Crippen molar-refractivity contribution in [3.63, 3.8) is 0 Å². The Morgan fingerprint density at radius 3 is 3.07 bits per heavy atom. The highest BCUT2D eigenvalue weighted by Gasteiger charge is 2.30. The number of carbonyl (C=O) groups is 2. The third-order valence-electron chi connectivity index (χ3n) is 4.55. The zero-order valence-electron chi connectivity index (χ0n) is 15.8. The lowest BCUT2D eigenvalue weighted by molar-refractivity contribution is -0.133. The smallest absolute Gasteiger partial charge is 0.237 e. The molecule has 0 spiro atoms. The normalized spacial score (nSPS) is 17.5. The number of benzene rings is 1. The number of hydrogen-bond donors (Lipinski definition) is 2. The van der Waals surface area contributed by atoms with Gasteiger partial charge in [0.1, 0.15) is 17.7 Å². The van der Waals surface area contributed by atoms with Crippen molar-refractivity contribution in [1.29, 1.82) is 0 Å². The van der Waals surface area contributed by atoms with E-state index in [1.165, 1.54) is 6.26 Å². The highest BCUT2D eigenvalue weighted by molar-refractivity contribution is 5.88. The number of amides is 2. The minimum absolute atomic E-state index is 0.0895. The molecule has 2 heterocycles. The van der Waals surface area contributed by atoms with Crippen LogP contribution in [0.4, 0.5) is 0 Å². The van der Waals surface area contributed by atoms with Crippen LogP contribution in [0.1, 0.15) is 17.7 Å². The van der Waals surface area contributed by atoms with Crippen LogP contribution in [0.5, 0.6) is 5.75 Å². The van der Waals surface area contributed by atoms with Gasteiger partial charge in [-0.1, -0.05) is 35.5 Å². The largest absolute Gasteiger partial charge is 0.496 e. The topological polar surface area (TPSA) is 96.7 Å². The van der Waals surface area contributed by atoms with Crippen LogP contribution in [0.25, 0.3) is 6.08 Å². The Balaban J connectivity index is 1.57. The zero-order chi connectivity index (χ0) is 19.8. The molecule has 1 aromatic heterocycles. The molecule has 0 radical (unpaired) electrons. The van der Waals surface area contributed by atoms with E-state index in [0.717, 1.165) is 11.3 Å². The SMILES string of the molecule is COc1ccccc1/C=C/CN1CCNC(=O)[C@@H]1CC(=O)NCc1ccon1. The van der Waals surface area contributed by atoms with E-state index >= 15 is 0 Å². The van der Waals surface area contributed by atoms with Gasteiger partial charge in [-0.25, -0.2) is 0 Å². The van der Waals surface area contributed by atoms with E-state index < -0.39 is 6.04 Å². The number of piperazine rings is 1. The molecule has 2 aromatic rings. The van der Waals surface area contributed by atoms with Crippen molar-refractivity contribution in [1.82, 2.24) is 20.7 Å². The third-order valence-corrected chi connectivity index (χ3v) is 4.55. The second-order valence-electron chi connectivity index (χ2n) is 6.42. The molecule has 0 unspecified atom stereocenters. The Bertz CT molecular complexity index is 819. The average molecular weight is 384 g/mol. The predicted octanol–water partition coefficient (Wildman–Crippen LogP) is 1.20. The number of aromatic nitrogens is 1. The number of methoxy groups -OCH3 is 1. The molecule has 1 saturated heterocycles. The first-order valence-electron chi connectivity index (χ1n) is 9.14. The van der Waals surface area contributed by atoms with E-state index in [1.54, 1.807) is 13.2 Å². The Morgan fingerprint density at radius 1 is 1.43 bits per heavy atom. The summed E-state index contributed by atoms with van der Waals surface area (Å²) >= 11 is 0. The lowest BCUT2D eigenvalue weighted by Crippen LogP contribution is -2.56. The zero-order valence-corrected chi connectivity index (χ0v) is 15.8. The molecule has 0 saturated carbocycles. The van der Waals surface area contributed by atoms with E-state index in [0.29, 0.717) is 25.3 Å². The van der Waals surface area contributed by atoms with Crippen molar-refractivity contribution < 1.29 is 18.8 Å². The summed E-state index contributed by atoms with van der Waals surface area (Å²) in [6.45, 7) is 2.09. The first kappa shape index (κ1) is 19.6. The van der Waals surface area contributed by atoms with Gasteiger partial charge >= 0.3 is 0 Å². The van der Waals surface area contributed by atoms with Gasteiger partial charge < -0.3 is 19.9 Å². The number of hydrogen-bond acceptors (Lipinski definition) is 6. The Hall–Kier alpha value is -3.13. The quantitative estimate of drug-likeness (QED) is 0.710. The van der Waals surface area contributed by atoms with Gasteiger partial charge in [0.25, 0.3) is 0 Å². The molecule has 148 valence electrons. The number of nitrogens with one attached hydrogen (secondary N) is 2. The molecule has 8 nitrogen and oxygen atoms in total. The summed E-state index contributed by atoms with van der Waals surface area (Å²) < 4.78 is 10.1. The van der Waals surface area contributed by atoms with Crippen LogP contribution in [0.3, 0.4) is 0 Å². The van der Waals surface area contributed by atoms with Crippen molar-refractivity contribution in [3.8, 4) is 5.75 Å². The average Bonchev–Trinajstić information content (AvgIpc) is 3.23. The highest BCUT2D eigenvalue weighted by atomic mass is 16.5.